The van der Waals surface area contributed by atoms with Crippen molar-refractivity contribution in [1.82, 2.24) is 0 Å². The van der Waals surface area contributed by atoms with Gasteiger partial charge in [0.25, 0.3) is 0 Å². The van der Waals surface area contributed by atoms with Crippen molar-refractivity contribution in [2.24, 2.45) is 5.73 Å². The number of nitrogens with two attached hydrogens (primary N) is 1. The molecular weight excluding hydrogens is 179 g/mol. The van der Waals surface area contributed by atoms with Crippen LogP contribution in [0.2, 0.25) is 0 Å². The third-order valence-electron chi connectivity index (χ3n) is 0.212. The fraction of sp³-hybridized carbons (Fsp3) is 0. The second kappa shape index (κ2) is 10.5. The van der Waals surface area contributed by atoms with Gasteiger partial charge in [0.15, 0.2) is 0 Å². The Kier molecular flexibility index (Phi) is 20.6. The normalized spacial score (nSPS) is 6.00. The molecule has 0 atom stereocenters. The standard InChI is InChI=1S/CH2BNO4.2K/c3-1(4)7-2(5)6;;/h(H2,3,4);;/q-2;2*+1. The van der Waals surface area contributed by atoms with Gasteiger partial charge in [-0.25, -0.2) is 4.79 Å². The summed E-state index contributed by atoms with van der Waals surface area (Å²) in [5, 5.41) is 18.5. The number of rotatable bonds is 1. The fourth-order valence-corrected chi connectivity index (χ4v) is 0.0948. The SMILES string of the molecule is NC(=O)OB([O-])[O-].[K+].[K+]. The molecule has 5 nitrogen and oxygen atoms in total. The van der Waals surface area contributed by atoms with Crippen LogP contribution in [0.4, 0.5) is 4.79 Å². The first-order valence-electron chi connectivity index (χ1n) is 1.40. The molecule has 0 radical (unpaired) electrons. The number of carbonyl (C=O) groups is 1. The Morgan fingerprint density at radius 2 is 1.78 bits per heavy atom. The topological polar surface area (TPSA) is 98.4 Å². The van der Waals surface area contributed by atoms with Gasteiger partial charge in [0.2, 0.25) is 0 Å². The molecule has 0 unspecified atom stereocenters. The Labute approximate surface area is 138 Å². The summed E-state index contributed by atoms with van der Waals surface area (Å²) in [5.41, 5.74) is 4.23. The van der Waals surface area contributed by atoms with Crippen molar-refractivity contribution in [2.45, 2.75) is 0 Å². The summed E-state index contributed by atoms with van der Waals surface area (Å²) in [6.45, 7) is 0. The number of primary amides is 1. The van der Waals surface area contributed by atoms with Gasteiger partial charge in [-0.3, -0.25) is 0 Å². The van der Waals surface area contributed by atoms with Crippen molar-refractivity contribution in [3.05, 3.63) is 0 Å². The largest absolute Gasteiger partial charge is 1.00 e. The first-order valence-corrected chi connectivity index (χ1v) is 1.40. The Hall–Kier alpha value is 2.53. The Bertz CT molecular complexity index is 79.0. The van der Waals surface area contributed by atoms with Crippen molar-refractivity contribution >= 4 is 13.4 Å². The predicted molar refractivity (Wildman–Crippen MR) is 16.4 cm³/mol. The van der Waals surface area contributed by atoms with E-state index in [1.54, 1.807) is 0 Å². The minimum absolute atomic E-state index is 0. The van der Waals surface area contributed by atoms with E-state index in [2.05, 4.69) is 10.4 Å². The van der Waals surface area contributed by atoms with Crippen molar-refractivity contribution in [2.75, 3.05) is 0 Å². The van der Waals surface area contributed by atoms with Crippen LogP contribution >= 0.6 is 0 Å². The maximum Gasteiger partial charge on any atom is 1.00 e. The average Bonchev–Trinajstić information content (AvgIpc) is 1.27. The van der Waals surface area contributed by atoms with Crippen LogP contribution in [-0.2, 0) is 4.65 Å². The van der Waals surface area contributed by atoms with Gasteiger partial charge in [-0.2, -0.15) is 0 Å². The molecule has 2 N–H and O–H groups in total. The van der Waals surface area contributed by atoms with Crippen molar-refractivity contribution in [1.29, 1.82) is 0 Å². The first kappa shape index (κ1) is 17.6. The van der Waals surface area contributed by atoms with Crippen LogP contribution in [0.1, 0.15) is 0 Å². The van der Waals surface area contributed by atoms with Crippen LogP contribution < -0.4 is 119 Å². The summed E-state index contributed by atoms with van der Waals surface area (Å²) < 4.78 is 3.28. The van der Waals surface area contributed by atoms with Crippen molar-refractivity contribution < 1.29 is 122 Å². The molecule has 0 rings (SSSR count). The fourth-order valence-electron chi connectivity index (χ4n) is 0.0948. The summed E-state index contributed by atoms with van der Waals surface area (Å²) in [4.78, 5) is 9.41. The number of amides is 1. The van der Waals surface area contributed by atoms with Gasteiger partial charge in [-0.15, -0.1) is 0 Å². The van der Waals surface area contributed by atoms with Crippen molar-refractivity contribution in [3.8, 4) is 0 Å². The molecule has 0 aliphatic carbocycles. The molecule has 0 aliphatic rings. The molecule has 0 saturated carbocycles. The van der Waals surface area contributed by atoms with Gasteiger partial charge < -0.3 is 20.4 Å². The summed E-state index contributed by atoms with van der Waals surface area (Å²) in [6.07, 6.45) is -1.34. The molecule has 0 aromatic rings. The Balaban J connectivity index is -0.000000180. The van der Waals surface area contributed by atoms with Crippen LogP contribution in [0, 0.1) is 0 Å². The third kappa shape index (κ3) is 18.0. The van der Waals surface area contributed by atoms with E-state index in [9.17, 15) is 14.8 Å². The monoisotopic (exact) mass is 181 g/mol. The Morgan fingerprint density at radius 1 is 1.44 bits per heavy atom. The van der Waals surface area contributed by atoms with E-state index < -0.39 is 13.4 Å². The maximum atomic E-state index is 9.41. The predicted octanol–water partition coefficient (Wildman–Crippen LogP) is -9.20. The summed E-state index contributed by atoms with van der Waals surface area (Å²) in [5.74, 6) is 0. The molecule has 9 heavy (non-hydrogen) atoms. The van der Waals surface area contributed by atoms with Gasteiger partial charge in [-0.05, 0) is 0 Å². The van der Waals surface area contributed by atoms with Crippen LogP contribution in [0.5, 0.6) is 0 Å². The van der Waals surface area contributed by atoms with E-state index >= 15 is 0 Å². The molecule has 0 bridgehead atoms. The number of hydrogen-bond donors (Lipinski definition) is 1. The summed E-state index contributed by atoms with van der Waals surface area (Å²) >= 11 is 0. The minimum Gasteiger partial charge on any atom is -0.860 e. The summed E-state index contributed by atoms with van der Waals surface area (Å²) in [6, 6.07) is 0. The second-order valence-corrected chi connectivity index (χ2v) is 0.726. The molecule has 0 spiro atoms. The van der Waals surface area contributed by atoms with E-state index in [-0.39, 0.29) is 103 Å². The zero-order chi connectivity index (χ0) is 5.86. The smallest absolute Gasteiger partial charge is 0.860 e. The van der Waals surface area contributed by atoms with Gasteiger partial charge in [-0.1, -0.05) is 0 Å². The molecule has 0 aromatic carbocycles. The van der Waals surface area contributed by atoms with Crippen LogP contribution in [0.3, 0.4) is 0 Å². The molecule has 8 heteroatoms. The zero-order valence-corrected chi connectivity index (χ0v) is 11.5. The average molecular weight is 181 g/mol. The van der Waals surface area contributed by atoms with E-state index in [0.717, 1.165) is 0 Å². The van der Waals surface area contributed by atoms with E-state index in [1.807, 2.05) is 0 Å². The van der Waals surface area contributed by atoms with Crippen molar-refractivity contribution in [3.63, 3.8) is 0 Å². The van der Waals surface area contributed by atoms with Gasteiger partial charge in [0, 0.05) is 0 Å². The summed E-state index contributed by atoms with van der Waals surface area (Å²) in [7, 11) is -2.60. The number of carbonyl (C=O) groups excluding carboxylic acids is 1. The van der Waals surface area contributed by atoms with Gasteiger partial charge in [0.1, 0.15) is 7.32 Å². The zero-order valence-electron chi connectivity index (χ0n) is 5.29. The van der Waals surface area contributed by atoms with Gasteiger partial charge >= 0.3 is 109 Å². The molecular formula is CH2BK2NO4. The molecule has 0 heterocycles. The quantitative estimate of drug-likeness (QED) is 0.406. The van der Waals surface area contributed by atoms with Gasteiger partial charge in [0.05, 0.1) is 0 Å². The van der Waals surface area contributed by atoms with Crippen LogP contribution in [0.25, 0.3) is 0 Å². The molecule has 1 amide bonds. The minimum atomic E-state index is -2.60. The molecule has 0 saturated heterocycles. The second-order valence-electron chi connectivity index (χ2n) is 0.726. The molecule has 0 aromatic heterocycles. The molecule has 0 fully saturated rings. The molecule has 0 aliphatic heterocycles. The van der Waals surface area contributed by atoms with E-state index in [1.165, 1.54) is 0 Å². The number of hydrogen-bond acceptors (Lipinski definition) is 4. The van der Waals surface area contributed by atoms with E-state index in [4.69, 9.17) is 0 Å². The van der Waals surface area contributed by atoms with Crippen LogP contribution in [0.15, 0.2) is 0 Å². The Morgan fingerprint density at radius 3 is 1.78 bits per heavy atom. The van der Waals surface area contributed by atoms with Crippen LogP contribution in [-0.4, -0.2) is 13.4 Å². The third-order valence-corrected chi connectivity index (χ3v) is 0.212. The maximum absolute atomic E-state index is 9.41. The van der Waals surface area contributed by atoms with E-state index in [0.29, 0.717) is 0 Å². The molecule has 40 valence electrons. The first-order chi connectivity index (χ1) is 3.13.